The Morgan fingerprint density at radius 3 is 2.76 bits per heavy atom. The lowest BCUT2D eigenvalue weighted by atomic mass is 9.97. The molecule has 1 aromatic heterocycles. The van der Waals surface area contributed by atoms with Crippen LogP contribution in [-0.2, 0) is 0 Å². The summed E-state index contributed by atoms with van der Waals surface area (Å²) in [4.78, 5) is 5.69. The first kappa shape index (κ1) is 16.2. The molecule has 1 aliphatic rings. The van der Waals surface area contributed by atoms with E-state index in [1.807, 2.05) is 0 Å². The van der Waals surface area contributed by atoms with Gasteiger partial charge in [-0.3, -0.25) is 4.98 Å². The number of hydrogen-bond donors (Lipinski definition) is 1. The van der Waals surface area contributed by atoms with Gasteiger partial charge in [-0.2, -0.15) is 13.2 Å². The molecule has 1 aromatic rings. The number of nitrogens with two attached hydrogens (primary N) is 1. The summed E-state index contributed by atoms with van der Waals surface area (Å²) in [6, 6.07) is 2.40. The van der Waals surface area contributed by atoms with Crippen molar-refractivity contribution in [1.82, 2.24) is 9.88 Å². The standard InChI is InChI=1S/C14H19F4N3/c15-11-3-4-13(20-8-11)12(19)5-7-21-6-1-2-10(9-21)14(16,17)18/h3-4,8,10,12H,1-2,5-7,9,19H2. The molecule has 0 spiro atoms. The van der Waals surface area contributed by atoms with Gasteiger partial charge in [0.2, 0.25) is 0 Å². The zero-order valence-electron chi connectivity index (χ0n) is 11.6. The van der Waals surface area contributed by atoms with Crippen LogP contribution >= 0.6 is 0 Å². The first-order valence-electron chi connectivity index (χ1n) is 7.02. The molecule has 0 amide bonds. The van der Waals surface area contributed by atoms with E-state index in [9.17, 15) is 17.6 Å². The average Bonchev–Trinajstić information content (AvgIpc) is 2.45. The molecule has 1 saturated heterocycles. The van der Waals surface area contributed by atoms with E-state index in [0.717, 1.165) is 6.20 Å². The third-order valence-corrected chi connectivity index (χ3v) is 3.85. The summed E-state index contributed by atoms with van der Waals surface area (Å²) < 4.78 is 50.9. The Morgan fingerprint density at radius 2 is 2.14 bits per heavy atom. The number of halogens is 4. The zero-order valence-corrected chi connectivity index (χ0v) is 11.6. The topological polar surface area (TPSA) is 42.1 Å². The molecule has 0 aromatic carbocycles. The smallest absolute Gasteiger partial charge is 0.323 e. The minimum absolute atomic E-state index is 0.0348. The van der Waals surface area contributed by atoms with Crippen molar-refractivity contribution < 1.29 is 17.6 Å². The van der Waals surface area contributed by atoms with E-state index >= 15 is 0 Å². The van der Waals surface area contributed by atoms with E-state index in [4.69, 9.17) is 5.73 Å². The minimum Gasteiger partial charge on any atom is -0.323 e. The number of hydrogen-bond acceptors (Lipinski definition) is 3. The quantitative estimate of drug-likeness (QED) is 0.870. The Bertz CT molecular complexity index is 447. The van der Waals surface area contributed by atoms with E-state index in [2.05, 4.69) is 4.98 Å². The number of aromatic nitrogens is 1. The van der Waals surface area contributed by atoms with Gasteiger partial charge < -0.3 is 10.6 Å². The van der Waals surface area contributed by atoms with E-state index in [0.29, 0.717) is 31.6 Å². The van der Waals surface area contributed by atoms with Crippen LogP contribution in [0.4, 0.5) is 17.6 Å². The second kappa shape index (κ2) is 6.70. The minimum atomic E-state index is -4.13. The highest BCUT2D eigenvalue weighted by atomic mass is 19.4. The molecule has 1 fully saturated rings. The lowest BCUT2D eigenvalue weighted by Gasteiger charge is -2.34. The van der Waals surface area contributed by atoms with Gasteiger partial charge >= 0.3 is 6.18 Å². The largest absolute Gasteiger partial charge is 0.393 e. The highest BCUT2D eigenvalue weighted by molar-refractivity contribution is 5.09. The van der Waals surface area contributed by atoms with Gasteiger partial charge in [0.25, 0.3) is 0 Å². The molecule has 118 valence electrons. The second-order valence-electron chi connectivity index (χ2n) is 5.48. The van der Waals surface area contributed by atoms with Gasteiger partial charge in [-0.1, -0.05) is 0 Å². The molecule has 1 aliphatic heterocycles. The maximum Gasteiger partial charge on any atom is 0.393 e. The van der Waals surface area contributed by atoms with Crippen molar-refractivity contribution in [2.24, 2.45) is 11.7 Å². The average molecular weight is 305 g/mol. The fraction of sp³-hybridized carbons (Fsp3) is 0.643. The number of likely N-dealkylation sites (tertiary alicyclic amines) is 1. The van der Waals surface area contributed by atoms with Crippen LogP contribution in [0.15, 0.2) is 18.3 Å². The maximum atomic E-state index is 12.8. The summed E-state index contributed by atoms with van der Waals surface area (Å²) in [5.41, 5.74) is 6.51. The number of alkyl halides is 3. The Morgan fingerprint density at radius 1 is 1.38 bits per heavy atom. The van der Waals surface area contributed by atoms with Gasteiger partial charge in [0.1, 0.15) is 5.82 Å². The molecule has 2 unspecified atom stereocenters. The first-order valence-corrected chi connectivity index (χ1v) is 7.02. The van der Waals surface area contributed by atoms with Gasteiger partial charge in [0.15, 0.2) is 0 Å². The van der Waals surface area contributed by atoms with Crippen molar-refractivity contribution in [1.29, 1.82) is 0 Å². The lowest BCUT2D eigenvalue weighted by Crippen LogP contribution is -2.42. The SMILES string of the molecule is NC(CCN1CCCC(C(F)(F)F)C1)c1ccc(F)cn1. The van der Waals surface area contributed by atoms with E-state index in [1.165, 1.54) is 12.1 Å². The molecular weight excluding hydrogens is 286 g/mol. The summed E-state index contributed by atoms with van der Waals surface area (Å²) >= 11 is 0. The van der Waals surface area contributed by atoms with E-state index in [-0.39, 0.29) is 13.0 Å². The van der Waals surface area contributed by atoms with Gasteiger partial charge in [0, 0.05) is 19.1 Å². The van der Waals surface area contributed by atoms with Crippen LogP contribution in [0.3, 0.4) is 0 Å². The molecule has 0 radical (unpaired) electrons. The van der Waals surface area contributed by atoms with Crippen LogP contribution in [0.5, 0.6) is 0 Å². The molecule has 2 N–H and O–H groups in total. The molecule has 7 heteroatoms. The Labute approximate surface area is 121 Å². The number of nitrogens with zero attached hydrogens (tertiary/aromatic N) is 2. The Hall–Kier alpha value is -1.21. The van der Waals surface area contributed by atoms with Gasteiger partial charge in [-0.05, 0) is 37.9 Å². The Kier molecular flexibility index (Phi) is 5.16. The van der Waals surface area contributed by atoms with Crippen molar-refractivity contribution in [3.8, 4) is 0 Å². The molecule has 2 atom stereocenters. The van der Waals surface area contributed by atoms with Crippen LogP contribution in [-0.4, -0.2) is 35.7 Å². The van der Waals surface area contributed by atoms with Gasteiger partial charge in [-0.15, -0.1) is 0 Å². The number of rotatable bonds is 4. The fourth-order valence-electron chi connectivity index (χ4n) is 2.60. The normalized spacial score (nSPS) is 22.2. The zero-order chi connectivity index (χ0) is 15.5. The molecule has 2 heterocycles. The highest BCUT2D eigenvalue weighted by Crippen LogP contribution is 2.33. The molecule has 21 heavy (non-hydrogen) atoms. The van der Waals surface area contributed by atoms with Crippen molar-refractivity contribution in [2.75, 3.05) is 19.6 Å². The molecular formula is C14H19F4N3. The molecule has 3 nitrogen and oxygen atoms in total. The predicted molar refractivity (Wildman–Crippen MR) is 71.0 cm³/mol. The van der Waals surface area contributed by atoms with Crippen LogP contribution in [0.2, 0.25) is 0 Å². The molecule has 0 aliphatic carbocycles. The summed E-state index contributed by atoms with van der Waals surface area (Å²) in [5.74, 6) is -1.68. The fourth-order valence-corrected chi connectivity index (χ4v) is 2.60. The van der Waals surface area contributed by atoms with Crippen LogP contribution < -0.4 is 5.73 Å². The van der Waals surface area contributed by atoms with Gasteiger partial charge in [-0.25, -0.2) is 4.39 Å². The molecule has 0 saturated carbocycles. The van der Waals surface area contributed by atoms with Crippen molar-refractivity contribution >= 4 is 0 Å². The van der Waals surface area contributed by atoms with Crippen molar-refractivity contribution in [3.63, 3.8) is 0 Å². The van der Waals surface area contributed by atoms with Crippen molar-refractivity contribution in [3.05, 3.63) is 29.8 Å². The highest BCUT2D eigenvalue weighted by Gasteiger charge is 2.41. The maximum absolute atomic E-state index is 12.8. The first-order chi connectivity index (χ1) is 9.86. The second-order valence-corrected chi connectivity index (χ2v) is 5.48. The summed E-state index contributed by atoms with van der Waals surface area (Å²) in [6.45, 7) is 1.19. The Balaban J connectivity index is 1.83. The van der Waals surface area contributed by atoms with Crippen LogP contribution in [0.1, 0.15) is 31.0 Å². The lowest BCUT2D eigenvalue weighted by molar-refractivity contribution is -0.186. The van der Waals surface area contributed by atoms with E-state index in [1.54, 1.807) is 4.90 Å². The molecule has 2 rings (SSSR count). The van der Waals surface area contributed by atoms with Crippen LogP contribution in [0.25, 0.3) is 0 Å². The monoisotopic (exact) mass is 305 g/mol. The number of piperidine rings is 1. The van der Waals surface area contributed by atoms with Gasteiger partial charge in [0.05, 0.1) is 17.8 Å². The number of pyridine rings is 1. The van der Waals surface area contributed by atoms with Crippen molar-refractivity contribution in [2.45, 2.75) is 31.5 Å². The van der Waals surface area contributed by atoms with Crippen LogP contribution in [0, 0.1) is 11.7 Å². The third-order valence-electron chi connectivity index (χ3n) is 3.85. The summed E-state index contributed by atoms with van der Waals surface area (Å²) in [6.07, 6.45) is -1.78. The van der Waals surface area contributed by atoms with E-state index < -0.39 is 24.0 Å². The third kappa shape index (κ3) is 4.64. The summed E-state index contributed by atoms with van der Waals surface area (Å²) in [7, 11) is 0. The summed E-state index contributed by atoms with van der Waals surface area (Å²) in [5, 5.41) is 0. The predicted octanol–water partition coefficient (Wildman–Crippen LogP) is 2.88. The molecule has 0 bridgehead atoms.